The van der Waals surface area contributed by atoms with Crippen molar-refractivity contribution in [1.29, 1.82) is 0 Å². The van der Waals surface area contributed by atoms with Crippen LogP contribution < -0.4 is 5.32 Å². The molecule has 3 nitrogen and oxygen atoms in total. The molecule has 0 saturated carbocycles. The molecule has 0 bridgehead atoms. The highest BCUT2D eigenvalue weighted by atomic mass is 32.2. The van der Waals surface area contributed by atoms with Crippen molar-refractivity contribution in [3.8, 4) is 0 Å². The van der Waals surface area contributed by atoms with Crippen LogP contribution in [0.3, 0.4) is 0 Å². The lowest BCUT2D eigenvalue weighted by atomic mass is 10.3. The van der Waals surface area contributed by atoms with Gasteiger partial charge in [-0.05, 0) is 19.9 Å². The molecule has 0 aliphatic carbocycles. The smallest absolute Gasteiger partial charge is 0.154 e. The summed E-state index contributed by atoms with van der Waals surface area (Å²) in [7, 11) is -2.76. The van der Waals surface area contributed by atoms with E-state index in [9.17, 15) is 8.42 Å². The summed E-state index contributed by atoms with van der Waals surface area (Å²) in [4.78, 5) is 0. The Labute approximate surface area is 61.7 Å². The van der Waals surface area contributed by atoms with Crippen LogP contribution in [0.2, 0.25) is 0 Å². The molecule has 0 radical (unpaired) electrons. The number of hydrogen-bond acceptors (Lipinski definition) is 3. The first-order chi connectivity index (χ1) is 4.63. The van der Waals surface area contributed by atoms with E-state index in [1.54, 1.807) is 6.92 Å². The molecule has 1 atom stereocenters. The molecular weight excluding hydrogens is 150 g/mol. The molecular formula is C6H13NO2S. The molecule has 1 aliphatic heterocycles. The van der Waals surface area contributed by atoms with Crippen LogP contribution in [0, 0.1) is 0 Å². The first kappa shape index (κ1) is 8.01. The average molecular weight is 163 g/mol. The van der Waals surface area contributed by atoms with Gasteiger partial charge in [0.05, 0.1) is 11.0 Å². The van der Waals surface area contributed by atoms with E-state index in [4.69, 9.17) is 0 Å². The molecule has 1 rings (SSSR count). The van der Waals surface area contributed by atoms with Crippen molar-refractivity contribution >= 4 is 9.84 Å². The lowest BCUT2D eigenvalue weighted by Gasteiger charge is -2.05. The Morgan fingerprint density at radius 2 is 2.10 bits per heavy atom. The highest BCUT2D eigenvalue weighted by molar-refractivity contribution is 7.92. The maximum atomic E-state index is 11.2. The third-order valence-corrected chi connectivity index (χ3v) is 4.14. The van der Waals surface area contributed by atoms with Crippen LogP contribution in [-0.4, -0.2) is 32.5 Å². The van der Waals surface area contributed by atoms with Crippen LogP contribution in [0.15, 0.2) is 0 Å². The third-order valence-electron chi connectivity index (χ3n) is 1.90. The van der Waals surface area contributed by atoms with Crippen LogP contribution in [0.25, 0.3) is 0 Å². The van der Waals surface area contributed by atoms with Crippen LogP contribution in [0.4, 0.5) is 0 Å². The number of hydrogen-bond donors (Lipinski definition) is 1. The second kappa shape index (κ2) is 2.88. The van der Waals surface area contributed by atoms with Gasteiger partial charge in [0.1, 0.15) is 0 Å². The molecule has 0 aromatic heterocycles. The first-order valence-corrected chi connectivity index (χ1v) is 5.27. The average Bonchev–Trinajstić information content (AvgIpc) is 1.96. The summed E-state index contributed by atoms with van der Waals surface area (Å²) in [6.07, 6.45) is 0.752. The molecule has 0 spiro atoms. The Hall–Kier alpha value is -0.0900. The van der Waals surface area contributed by atoms with E-state index in [1.807, 2.05) is 0 Å². The van der Waals surface area contributed by atoms with Gasteiger partial charge in [0.15, 0.2) is 9.84 Å². The van der Waals surface area contributed by atoms with Gasteiger partial charge in [0.2, 0.25) is 0 Å². The maximum absolute atomic E-state index is 11.2. The van der Waals surface area contributed by atoms with Crippen LogP contribution in [-0.2, 0) is 9.84 Å². The molecule has 0 amide bonds. The first-order valence-electron chi connectivity index (χ1n) is 3.55. The van der Waals surface area contributed by atoms with Crippen LogP contribution >= 0.6 is 0 Å². The summed E-state index contributed by atoms with van der Waals surface area (Å²) in [6.45, 7) is 3.23. The van der Waals surface area contributed by atoms with E-state index >= 15 is 0 Å². The molecule has 0 aromatic rings. The summed E-state index contributed by atoms with van der Waals surface area (Å²) in [6, 6.07) is 0. The molecule has 10 heavy (non-hydrogen) atoms. The van der Waals surface area contributed by atoms with E-state index in [0.29, 0.717) is 12.3 Å². The van der Waals surface area contributed by atoms with Gasteiger partial charge < -0.3 is 5.32 Å². The van der Waals surface area contributed by atoms with Gasteiger partial charge in [-0.15, -0.1) is 0 Å². The van der Waals surface area contributed by atoms with Gasteiger partial charge in [0.25, 0.3) is 0 Å². The van der Waals surface area contributed by atoms with E-state index in [1.165, 1.54) is 0 Å². The zero-order valence-electron chi connectivity index (χ0n) is 6.13. The topological polar surface area (TPSA) is 46.2 Å². The molecule has 1 aliphatic rings. The van der Waals surface area contributed by atoms with E-state index in [2.05, 4.69) is 5.32 Å². The van der Waals surface area contributed by atoms with E-state index in [-0.39, 0.29) is 5.25 Å². The minimum absolute atomic E-state index is 0.150. The fourth-order valence-corrected chi connectivity index (χ4v) is 2.33. The van der Waals surface area contributed by atoms with Gasteiger partial charge in [0, 0.05) is 6.54 Å². The molecule has 60 valence electrons. The third kappa shape index (κ3) is 1.70. The second-order valence-electron chi connectivity index (χ2n) is 2.72. The summed E-state index contributed by atoms with van der Waals surface area (Å²) in [5.41, 5.74) is 0. The normalized spacial score (nSPS) is 33.1. The quantitative estimate of drug-likeness (QED) is 0.537. The van der Waals surface area contributed by atoms with Crippen molar-refractivity contribution in [2.75, 3.05) is 18.8 Å². The van der Waals surface area contributed by atoms with E-state index < -0.39 is 9.84 Å². The van der Waals surface area contributed by atoms with Gasteiger partial charge in [-0.1, -0.05) is 0 Å². The maximum Gasteiger partial charge on any atom is 0.154 e. The Balaban J connectivity index is 2.71. The zero-order valence-corrected chi connectivity index (χ0v) is 6.95. The van der Waals surface area contributed by atoms with Crippen molar-refractivity contribution in [1.82, 2.24) is 5.32 Å². The number of rotatable bonds is 0. The minimum atomic E-state index is -2.76. The van der Waals surface area contributed by atoms with Crippen molar-refractivity contribution in [2.24, 2.45) is 0 Å². The predicted molar refractivity (Wildman–Crippen MR) is 40.7 cm³/mol. The van der Waals surface area contributed by atoms with Crippen molar-refractivity contribution in [2.45, 2.75) is 18.6 Å². The molecule has 1 N–H and O–H groups in total. The minimum Gasteiger partial charge on any atom is -0.316 e. The van der Waals surface area contributed by atoms with Gasteiger partial charge >= 0.3 is 0 Å². The molecule has 1 fully saturated rings. The Morgan fingerprint density at radius 3 is 2.80 bits per heavy atom. The summed E-state index contributed by atoms with van der Waals surface area (Å²) < 4.78 is 22.3. The lowest BCUT2D eigenvalue weighted by Crippen LogP contribution is -2.21. The summed E-state index contributed by atoms with van der Waals surface area (Å²) >= 11 is 0. The highest BCUT2D eigenvalue weighted by Gasteiger charge is 2.21. The van der Waals surface area contributed by atoms with Crippen molar-refractivity contribution in [3.63, 3.8) is 0 Å². The van der Waals surface area contributed by atoms with E-state index in [0.717, 1.165) is 13.0 Å². The molecule has 1 heterocycles. The van der Waals surface area contributed by atoms with Gasteiger partial charge in [-0.3, -0.25) is 0 Å². The zero-order chi connectivity index (χ0) is 7.61. The van der Waals surface area contributed by atoms with Crippen molar-refractivity contribution in [3.05, 3.63) is 0 Å². The van der Waals surface area contributed by atoms with Gasteiger partial charge in [-0.25, -0.2) is 8.42 Å². The fourth-order valence-electron chi connectivity index (χ4n) is 1.03. The monoisotopic (exact) mass is 163 g/mol. The largest absolute Gasteiger partial charge is 0.316 e. The van der Waals surface area contributed by atoms with Crippen LogP contribution in [0.1, 0.15) is 13.3 Å². The van der Waals surface area contributed by atoms with Crippen molar-refractivity contribution < 1.29 is 8.42 Å². The second-order valence-corrected chi connectivity index (χ2v) is 5.25. The predicted octanol–water partition coefficient (Wildman–Crippen LogP) is -0.217. The molecule has 1 unspecified atom stereocenters. The Bertz CT molecular complexity index is 198. The molecule has 4 heteroatoms. The van der Waals surface area contributed by atoms with Crippen LogP contribution in [0.5, 0.6) is 0 Å². The number of nitrogens with one attached hydrogen (secondary N) is 1. The summed E-state index contributed by atoms with van der Waals surface area (Å²) in [5, 5.41) is 2.90. The fraction of sp³-hybridized carbons (Fsp3) is 1.00. The Kier molecular flexibility index (Phi) is 2.31. The standard InChI is InChI=1S/C6H13NO2S/c1-6-2-3-7-4-5-10(6,8)9/h6-7H,2-5H2,1H3. The SMILES string of the molecule is CC1CCNCCS1(=O)=O. The highest BCUT2D eigenvalue weighted by Crippen LogP contribution is 2.07. The molecule has 0 aromatic carbocycles. The number of sulfone groups is 1. The molecule has 1 saturated heterocycles. The lowest BCUT2D eigenvalue weighted by molar-refractivity contribution is 0.583. The van der Waals surface area contributed by atoms with Gasteiger partial charge in [-0.2, -0.15) is 0 Å². The summed E-state index contributed by atoms with van der Waals surface area (Å²) in [5.74, 6) is 0.300. The Morgan fingerprint density at radius 1 is 1.40 bits per heavy atom.